The lowest BCUT2D eigenvalue weighted by Crippen LogP contribution is -2.50. The number of rotatable bonds is 4. The molecule has 2 N–H and O–H groups in total. The Hall–Kier alpha value is -2.25. The maximum absolute atomic E-state index is 13.5. The van der Waals surface area contributed by atoms with Crippen LogP contribution in [0.3, 0.4) is 0 Å². The molecule has 1 aliphatic rings. The van der Waals surface area contributed by atoms with Gasteiger partial charge in [-0.25, -0.2) is 12.8 Å². The van der Waals surface area contributed by atoms with E-state index in [1.807, 2.05) is 0 Å². The molecular formula is C17H17FN2O3S. The molecule has 1 saturated heterocycles. The van der Waals surface area contributed by atoms with E-state index < -0.39 is 21.9 Å². The number of amides is 1. The first kappa shape index (κ1) is 16.6. The Balaban J connectivity index is 1.98. The summed E-state index contributed by atoms with van der Waals surface area (Å²) in [5, 5.41) is 2.64. The smallest absolute Gasteiger partial charge is 0.241 e. The first-order valence-electron chi connectivity index (χ1n) is 7.62. The van der Waals surface area contributed by atoms with Gasteiger partial charge in [-0.1, -0.05) is 30.3 Å². The van der Waals surface area contributed by atoms with Gasteiger partial charge < -0.3 is 5.32 Å². The molecule has 0 saturated carbocycles. The molecule has 7 heteroatoms. The summed E-state index contributed by atoms with van der Waals surface area (Å²) in [5.74, 6) is -0.771. The molecule has 2 aromatic carbocycles. The van der Waals surface area contributed by atoms with E-state index >= 15 is 0 Å². The van der Waals surface area contributed by atoms with Crippen LogP contribution < -0.4 is 10.0 Å². The van der Waals surface area contributed by atoms with Crippen molar-refractivity contribution in [2.45, 2.75) is 23.8 Å². The van der Waals surface area contributed by atoms with Crippen LogP contribution in [0.5, 0.6) is 0 Å². The molecule has 0 bridgehead atoms. The Kier molecular flexibility index (Phi) is 4.64. The summed E-state index contributed by atoms with van der Waals surface area (Å²) in [6, 6.07) is 11.3. The van der Waals surface area contributed by atoms with Crippen molar-refractivity contribution in [2.75, 3.05) is 6.54 Å². The fourth-order valence-electron chi connectivity index (χ4n) is 2.73. The minimum Gasteiger partial charge on any atom is -0.355 e. The number of sulfonamides is 1. The lowest BCUT2D eigenvalue weighted by atomic mass is 10.1. The third-order valence-corrected chi connectivity index (χ3v) is 5.42. The Morgan fingerprint density at radius 3 is 2.67 bits per heavy atom. The summed E-state index contributed by atoms with van der Waals surface area (Å²) in [6.07, 6.45) is 1.16. The molecule has 1 heterocycles. The van der Waals surface area contributed by atoms with E-state index in [1.54, 1.807) is 24.3 Å². The molecule has 1 fully saturated rings. The predicted molar refractivity (Wildman–Crippen MR) is 88.2 cm³/mol. The average molecular weight is 348 g/mol. The van der Waals surface area contributed by atoms with E-state index in [-0.39, 0.29) is 10.8 Å². The maximum atomic E-state index is 13.5. The number of carbonyl (C=O) groups excluding carboxylic acids is 1. The summed E-state index contributed by atoms with van der Waals surface area (Å²) in [6.45, 7) is 0.553. The number of carbonyl (C=O) groups is 1. The van der Waals surface area contributed by atoms with Crippen LogP contribution in [0.15, 0.2) is 53.4 Å². The molecule has 0 aromatic heterocycles. The van der Waals surface area contributed by atoms with Gasteiger partial charge >= 0.3 is 0 Å². The predicted octanol–water partition coefficient (Wildman–Crippen LogP) is 2.05. The van der Waals surface area contributed by atoms with Crippen LogP contribution in [-0.4, -0.2) is 26.9 Å². The summed E-state index contributed by atoms with van der Waals surface area (Å²) in [7, 11) is -3.92. The standard InChI is InChI=1S/C17H17FN2O3S/c18-13-6-3-5-12(11-13)14-7-1-2-9-16(14)24(22,23)20-15-8-4-10-19-17(15)21/h1-3,5-7,9,11,15,20H,4,8,10H2,(H,19,21)/t15-/m0/s1. The maximum Gasteiger partial charge on any atom is 0.241 e. The minimum atomic E-state index is -3.92. The van der Waals surface area contributed by atoms with Gasteiger partial charge in [0.25, 0.3) is 0 Å². The van der Waals surface area contributed by atoms with Crippen LogP contribution in [0, 0.1) is 5.82 Å². The SMILES string of the molecule is O=C1NCCC[C@@H]1NS(=O)(=O)c1ccccc1-c1cccc(F)c1. The van der Waals surface area contributed by atoms with Crippen LogP contribution in [0.4, 0.5) is 4.39 Å². The van der Waals surface area contributed by atoms with Crippen molar-refractivity contribution in [3.05, 3.63) is 54.3 Å². The topological polar surface area (TPSA) is 75.3 Å². The highest BCUT2D eigenvalue weighted by Crippen LogP contribution is 2.28. The molecule has 0 aliphatic carbocycles. The van der Waals surface area contributed by atoms with Gasteiger partial charge in [-0.05, 0) is 36.6 Å². The van der Waals surface area contributed by atoms with Crippen LogP contribution >= 0.6 is 0 Å². The Bertz CT molecular complexity index is 868. The molecule has 0 unspecified atom stereocenters. The van der Waals surface area contributed by atoms with Gasteiger partial charge in [-0.2, -0.15) is 4.72 Å². The van der Waals surface area contributed by atoms with E-state index in [4.69, 9.17) is 0 Å². The molecule has 5 nitrogen and oxygen atoms in total. The first-order valence-corrected chi connectivity index (χ1v) is 9.11. The Morgan fingerprint density at radius 2 is 1.92 bits per heavy atom. The summed E-state index contributed by atoms with van der Waals surface area (Å²) in [4.78, 5) is 11.8. The van der Waals surface area contributed by atoms with Crippen LogP contribution in [0.2, 0.25) is 0 Å². The van der Waals surface area contributed by atoms with Gasteiger partial charge in [0, 0.05) is 12.1 Å². The molecule has 1 aliphatic heterocycles. The highest BCUT2D eigenvalue weighted by molar-refractivity contribution is 7.89. The fraction of sp³-hybridized carbons (Fsp3) is 0.235. The molecule has 1 atom stereocenters. The second-order valence-corrected chi connectivity index (χ2v) is 7.30. The molecular weight excluding hydrogens is 331 g/mol. The highest BCUT2D eigenvalue weighted by atomic mass is 32.2. The van der Waals surface area contributed by atoms with Gasteiger partial charge in [0.05, 0.1) is 4.90 Å². The number of benzene rings is 2. The van der Waals surface area contributed by atoms with Crippen molar-refractivity contribution < 1.29 is 17.6 Å². The van der Waals surface area contributed by atoms with Gasteiger partial charge in [0.15, 0.2) is 0 Å². The number of piperidine rings is 1. The second kappa shape index (κ2) is 6.70. The van der Waals surface area contributed by atoms with Gasteiger partial charge in [0.2, 0.25) is 15.9 Å². The van der Waals surface area contributed by atoms with Gasteiger partial charge in [-0.3, -0.25) is 4.79 Å². The van der Waals surface area contributed by atoms with Crippen LogP contribution in [0.1, 0.15) is 12.8 Å². The zero-order valence-corrected chi connectivity index (χ0v) is 13.6. The number of hydrogen-bond acceptors (Lipinski definition) is 3. The quantitative estimate of drug-likeness (QED) is 0.888. The monoisotopic (exact) mass is 348 g/mol. The average Bonchev–Trinajstić information content (AvgIpc) is 2.57. The third kappa shape index (κ3) is 3.47. The zero-order valence-electron chi connectivity index (χ0n) is 12.8. The molecule has 2 aromatic rings. The van der Waals surface area contributed by atoms with E-state index in [0.29, 0.717) is 30.5 Å². The Morgan fingerprint density at radius 1 is 1.12 bits per heavy atom. The highest BCUT2D eigenvalue weighted by Gasteiger charge is 2.29. The molecule has 3 rings (SSSR count). The van der Waals surface area contributed by atoms with E-state index in [9.17, 15) is 17.6 Å². The van der Waals surface area contributed by atoms with Crippen molar-refractivity contribution >= 4 is 15.9 Å². The molecule has 0 spiro atoms. The largest absolute Gasteiger partial charge is 0.355 e. The summed E-state index contributed by atoms with van der Waals surface area (Å²) in [5.41, 5.74) is 0.852. The fourth-order valence-corrected chi connectivity index (χ4v) is 4.19. The number of halogens is 1. The molecule has 0 radical (unpaired) electrons. The van der Waals surface area contributed by atoms with Crippen LogP contribution in [-0.2, 0) is 14.8 Å². The van der Waals surface area contributed by atoms with Gasteiger partial charge in [0.1, 0.15) is 11.9 Å². The van der Waals surface area contributed by atoms with Crippen LogP contribution in [0.25, 0.3) is 11.1 Å². The summed E-state index contributed by atoms with van der Waals surface area (Å²) >= 11 is 0. The van der Waals surface area contributed by atoms with E-state index in [0.717, 1.165) is 0 Å². The lowest BCUT2D eigenvalue weighted by Gasteiger charge is -2.23. The number of nitrogens with one attached hydrogen (secondary N) is 2. The summed E-state index contributed by atoms with van der Waals surface area (Å²) < 4.78 is 41.4. The van der Waals surface area contributed by atoms with E-state index in [1.165, 1.54) is 24.3 Å². The Labute approximate surface area is 139 Å². The normalized spacial score (nSPS) is 18.2. The minimum absolute atomic E-state index is 0.0222. The second-order valence-electron chi connectivity index (χ2n) is 5.61. The van der Waals surface area contributed by atoms with Crippen molar-refractivity contribution in [1.82, 2.24) is 10.0 Å². The molecule has 24 heavy (non-hydrogen) atoms. The third-order valence-electron chi connectivity index (χ3n) is 3.89. The zero-order chi connectivity index (χ0) is 17.2. The van der Waals surface area contributed by atoms with Crippen molar-refractivity contribution in [2.24, 2.45) is 0 Å². The lowest BCUT2D eigenvalue weighted by molar-refractivity contribution is -0.124. The first-order chi connectivity index (χ1) is 11.5. The van der Waals surface area contributed by atoms with Gasteiger partial charge in [-0.15, -0.1) is 0 Å². The van der Waals surface area contributed by atoms with Crippen molar-refractivity contribution in [3.63, 3.8) is 0 Å². The van der Waals surface area contributed by atoms with Crippen molar-refractivity contribution in [3.8, 4) is 11.1 Å². The van der Waals surface area contributed by atoms with E-state index in [2.05, 4.69) is 10.0 Å². The number of hydrogen-bond donors (Lipinski definition) is 2. The molecule has 1 amide bonds. The molecule has 126 valence electrons. The van der Waals surface area contributed by atoms with Crippen molar-refractivity contribution in [1.29, 1.82) is 0 Å².